The van der Waals surface area contributed by atoms with Gasteiger partial charge in [-0.1, -0.05) is 12.1 Å². The van der Waals surface area contributed by atoms with Gasteiger partial charge in [0.25, 0.3) is 0 Å². The molecule has 104 valence electrons. The molecule has 1 unspecified atom stereocenters. The van der Waals surface area contributed by atoms with Crippen molar-refractivity contribution in [1.29, 1.82) is 0 Å². The number of hydrogen-bond donors (Lipinski definition) is 1. The number of hydrogen-bond acceptors (Lipinski definition) is 3. The molecule has 0 amide bonds. The third-order valence-corrected chi connectivity index (χ3v) is 5.04. The Morgan fingerprint density at radius 3 is 2.84 bits per heavy atom. The zero-order valence-electron chi connectivity index (χ0n) is 11.7. The highest BCUT2D eigenvalue weighted by molar-refractivity contribution is 5.48. The van der Waals surface area contributed by atoms with E-state index in [2.05, 4.69) is 18.2 Å². The van der Waals surface area contributed by atoms with Crippen molar-refractivity contribution in [3.63, 3.8) is 0 Å². The molecule has 3 nitrogen and oxygen atoms in total. The third kappa shape index (κ3) is 1.96. The summed E-state index contributed by atoms with van der Waals surface area (Å²) in [4.78, 5) is 0. The van der Waals surface area contributed by atoms with E-state index >= 15 is 0 Å². The fourth-order valence-electron chi connectivity index (χ4n) is 4.07. The van der Waals surface area contributed by atoms with E-state index in [1.165, 1.54) is 17.5 Å². The van der Waals surface area contributed by atoms with E-state index in [1.807, 2.05) is 0 Å². The minimum absolute atomic E-state index is 0.174. The molecular weight excluding hydrogens is 238 g/mol. The molecule has 0 saturated carbocycles. The number of rotatable bonds is 2. The zero-order chi connectivity index (χ0) is 13.3. The van der Waals surface area contributed by atoms with Crippen LogP contribution in [0.1, 0.15) is 30.4 Å². The zero-order valence-corrected chi connectivity index (χ0v) is 11.7. The Kier molecular flexibility index (Phi) is 3.50. The first-order valence-corrected chi connectivity index (χ1v) is 7.26. The van der Waals surface area contributed by atoms with Crippen molar-refractivity contribution in [2.45, 2.75) is 31.1 Å². The third-order valence-electron chi connectivity index (χ3n) is 5.04. The second-order valence-electron chi connectivity index (χ2n) is 5.73. The molecule has 3 rings (SSSR count). The van der Waals surface area contributed by atoms with Gasteiger partial charge in [0.1, 0.15) is 5.75 Å². The highest BCUT2D eigenvalue weighted by atomic mass is 16.5. The van der Waals surface area contributed by atoms with Crippen LogP contribution in [0.25, 0.3) is 0 Å². The summed E-state index contributed by atoms with van der Waals surface area (Å²) in [6.45, 7) is 2.44. The first kappa shape index (κ1) is 12.9. The van der Waals surface area contributed by atoms with Gasteiger partial charge in [0, 0.05) is 24.2 Å². The maximum absolute atomic E-state index is 6.08. The lowest BCUT2D eigenvalue weighted by Gasteiger charge is -2.48. The molecule has 1 fully saturated rings. The molecule has 1 aromatic carbocycles. The molecule has 0 radical (unpaired) electrons. The van der Waals surface area contributed by atoms with Crippen LogP contribution in [0.15, 0.2) is 18.2 Å². The predicted octanol–water partition coefficient (Wildman–Crippen LogP) is 2.26. The smallest absolute Gasteiger partial charge is 0.122 e. The number of nitrogens with two attached hydrogens (primary N) is 1. The van der Waals surface area contributed by atoms with Crippen LogP contribution in [0.2, 0.25) is 0 Å². The summed E-state index contributed by atoms with van der Waals surface area (Å²) in [5.41, 5.74) is 9.12. The topological polar surface area (TPSA) is 44.5 Å². The SMILES string of the molecule is COc1cccc2c1C1(CCOCC1)C(CN)CC2. The van der Waals surface area contributed by atoms with Crippen LogP contribution in [-0.2, 0) is 16.6 Å². The Hall–Kier alpha value is -1.06. The Morgan fingerprint density at radius 1 is 1.37 bits per heavy atom. The molecule has 1 aliphatic heterocycles. The summed E-state index contributed by atoms with van der Waals surface area (Å²) in [7, 11) is 1.77. The van der Waals surface area contributed by atoms with E-state index in [-0.39, 0.29) is 5.41 Å². The normalized spacial score (nSPS) is 25.1. The summed E-state index contributed by atoms with van der Waals surface area (Å²) < 4.78 is 11.2. The van der Waals surface area contributed by atoms with Gasteiger partial charge in [-0.3, -0.25) is 0 Å². The first-order chi connectivity index (χ1) is 9.31. The molecule has 1 saturated heterocycles. The maximum Gasteiger partial charge on any atom is 0.122 e. The van der Waals surface area contributed by atoms with E-state index in [1.54, 1.807) is 7.11 Å². The Labute approximate surface area is 115 Å². The molecule has 1 aliphatic carbocycles. The van der Waals surface area contributed by atoms with Gasteiger partial charge in [0.05, 0.1) is 7.11 Å². The van der Waals surface area contributed by atoms with Gasteiger partial charge in [0.2, 0.25) is 0 Å². The largest absolute Gasteiger partial charge is 0.496 e. The second-order valence-corrected chi connectivity index (χ2v) is 5.73. The number of ether oxygens (including phenoxy) is 2. The first-order valence-electron chi connectivity index (χ1n) is 7.26. The fourth-order valence-corrected chi connectivity index (χ4v) is 4.07. The van der Waals surface area contributed by atoms with Crippen molar-refractivity contribution < 1.29 is 9.47 Å². The van der Waals surface area contributed by atoms with E-state index in [0.29, 0.717) is 5.92 Å². The van der Waals surface area contributed by atoms with Gasteiger partial charge in [-0.05, 0) is 49.8 Å². The van der Waals surface area contributed by atoms with Crippen molar-refractivity contribution in [2.75, 3.05) is 26.9 Å². The minimum Gasteiger partial charge on any atom is -0.496 e. The highest BCUT2D eigenvalue weighted by Gasteiger charge is 2.46. The quantitative estimate of drug-likeness (QED) is 0.888. The van der Waals surface area contributed by atoms with Crippen molar-refractivity contribution >= 4 is 0 Å². The molecule has 3 heteroatoms. The lowest BCUT2D eigenvalue weighted by molar-refractivity contribution is 0.0204. The fraction of sp³-hybridized carbons (Fsp3) is 0.625. The molecule has 0 aromatic heterocycles. The molecule has 19 heavy (non-hydrogen) atoms. The Morgan fingerprint density at radius 2 is 2.16 bits per heavy atom. The van der Waals surface area contributed by atoms with Crippen LogP contribution in [0, 0.1) is 5.92 Å². The lowest BCUT2D eigenvalue weighted by atomic mass is 9.59. The summed E-state index contributed by atoms with van der Waals surface area (Å²) >= 11 is 0. The minimum atomic E-state index is 0.174. The van der Waals surface area contributed by atoms with Gasteiger partial charge in [-0.15, -0.1) is 0 Å². The summed E-state index contributed by atoms with van der Waals surface area (Å²) in [5.74, 6) is 1.60. The van der Waals surface area contributed by atoms with Gasteiger partial charge < -0.3 is 15.2 Å². The average Bonchev–Trinajstić information content (AvgIpc) is 2.48. The molecule has 1 spiro atoms. The lowest BCUT2D eigenvalue weighted by Crippen LogP contribution is -2.47. The van der Waals surface area contributed by atoms with Crippen LogP contribution in [0.4, 0.5) is 0 Å². The molecule has 1 atom stereocenters. The van der Waals surface area contributed by atoms with Crippen LogP contribution in [0.5, 0.6) is 5.75 Å². The van der Waals surface area contributed by atoms with Gasteiger partial charge in [-0.25, -0.2) is 0 Å². The molecule has 2 N–H and O–H groups in total. The molecule has 0 bridgehead atoms. The van der Waals surface area contributed by atoms with Crippen molar-refractivity contribution in [2.24, 2.45) is 11.7 Å². The van der Waals surface area contributed by atoms with Crippen LogP contribution >= 0.6 is 0 Å². The van der Waals surface area contributed by atoms with Crippen LogP contribution in [-0.4, -0.2) is 26.9 Å². The molecule has 1 aromatic rings. The van der Waals surface area contributed by atoms with Gasteiger partial charge in [-0.2, -0.15) is 0 Å². The van der Waals surface area contributed by atoms with E-state index in [0.717, 1.165) is 44.8 Å². The van der Waals surface area contributed by atoms with Crippen molar-refractivity contribution in [3.05, 3.63) is 29.3 Å². The van der Waals surface area contributed by atoms with Crippen molar-refractivity contribution in [1.82, 2.24) is 0 Å². The maximum atomic E-state index is 6.08. The highest BCUT2D eigenvalue weighted by Crippen LogP contribution is 2.51. The molecular formula is C16H23NO2. The van der Waals surface area contributed by atoms with Crippen LogP contribution in [0.3, 0.4) is 0 Å². The Balaban J connectivity index is 2.14. The van der Waals surface area contributed by atoms with Gasteiger partial charge in [0.15, 0.2) is 0 Å². The van der Waals surface area contributed by atoms with Gasteiger partial charge >= 0.3 is 0 Å². The number of methoxy groups -OCH3 is 1. The monoisotopic (exact) mass is 261 g/mol. The summed E-state index contributed by atoms with van der Waals surface area (Å²) in [6.07, 6.45) is 4.46. The summed E-state index contributed by atoms with van der Waals surface area (Å²) in [5, 5.41) is 0. The average molecular weight is 261 g/mol. The molecule has 1 heterocycles. The van der Waals surface area contributed by atoms with E-state index in [9.17, 15) is 0 Å². The summed E-state index contributed by atoms with van der Waals surface area (Å²) in [6, 6.07) is 6.45. The van der Waals surface area contributed by atoms with E-state index in [4.69, 9.17) is 15.2 Å². The second kappa shape index (κ2) is 5.14. The van der Waals surface area contributed by atoms with Crippen LogP contribution < -0.4 is 10.5 Å². The standard InChI is InChI=1S/C16H23NO2/c1-18-14-4-2-3-12-5-6-13(11-17)16(15(12)14)7-9-19-10-8-16/h2-4,13H,5-11,17H2,1H3. The number of fused-ring (bicyclic) bond motifs is 2. The predicted molar refractivity (Wildman–Crippen MR) is 75.6 cm³/mol. The number of aryl methyl sites for hydroxylation is 1. The Bertz CT molecular complexity index is 438. The number of benzene rings is 1. The molecule has 2 aliphatic rings. The van der Waals surface area contributed by atoms with E-state index < -0.39 is 0 Å². The van der Waals surface area contributed by atoms with Crippen molar-refractivity contribution in [3.8, 4) is 5.75 Å².